The molecule has 2 rings (SSSR count). The van der Waals surface area contributed by atoms with E-state index in [0.29, 0.717) is 13.1 Å². The van der Waals surface area contributed by atoms with Crippen LogP contribution in [0.5, 0.6) is 0 Å². The zero-order valence-electron chi connectivity index (χ0n) is 13.8. The number of piperazine rings is 1. The second-order valence-corrected chi connectivity index (χ2v) is 6.63. The van der Waals surface area contributed by atoms with Gasteiger partial charge in [0.05, 0.1) is 6.04 Å². The fraction of sp³-hybridized carbons (Fsp3) is 0.562. The van der Waals surface area contributed by atoms with Gasteiger partial charge in [-0.15, -0.1) is 24.8 Å². The second-order valence-electron chi connectivity index (χ2n) is 6.63. The molecule has 4 nitrogen and oxygen atoms in total. The molecule has 0 radical (unpaired) electrons. The molecular weight excluding hydrogens is 340 g/mol. The summed E-state index contributed by atoms with van der Waals surface area (Å²) in [5.41, 5.74) is 6.80. The fourth-order valence-electron chi connectivity index (χ4n) is 2.40. The summed E-state index contributed by atoms with van der Waals surface area (Å²) in [7, 11) is 0. The number of benzene rings is 1. The third-order valence-electron chi connectivity index (χ3n) is 3.98. The number of carbonyl (C=O) groups is 1. The first-order valence-electron chi connectivity index (χ1n) is 7.34. The van der Waals surface area contributed by atoms with Gasteiger partial charge in [0.1, 0.15) is 5.82 Å². The summed E-state index contributed by atoms with van der Waals surface area (Å²) in [4.78, 5) is 16.4. The molecule has 0 aliphatic carbocycles. The molecule has 0 bridgehead atoms. The number of hydrogen-bond donors (Lipinski definition) is 1. The van der Waals surface area contributed by atoms with Crippen LogP contribution in [0.2, 0.25) is 0 Å². The Labute approximate surface area is 150 Å². The van der Waals surface area contributed by atoms with E-state index < -0.39 is 6.04 Å². The van der Waals surface area contributed by atoms with Crippen molar-refractivity contribution in [2.24, 2.45) is 11.1 Å². The van der Waals surface area contributed by atoms with Gasteiger partial charge in [-0.2, -0.15) is 0 Å². The highest BCUT2D eigenvalue weighted by Crippen LogP contribution is 2.21. The largest absolute Gasteiger partial charge is 0.368 e. The molecule has 0 unspecified atom stereocenters. The lowest BCUT2D eigenvalue weighted by molar-refractivity contribution is -0.135. The number of hydrogen-bond acceptors (Lipinski definition) is 3. The van der Waals surface area contributed by atoms with Crippen molar-refractivity contribution in [3.8, 4) is 0 Å². The van der Waals surface area contributed by atoms with Crippen molar-refractivity contribution in [3.05, 3.63) is 30.1 Å². The first-order chi connectivity index (χ1) is 9.79. The molecule has 1 atom stereocenters. The van der Waals surface area contributed by atoms with Crippen LogP contribution in [0.25, 0.3) is 0 Å². The van der Waals surface area contributed by atoms with E-state index in [1.54, 1.807) is 12.1 Å². The fourth-order valence-corrected chi connectivity index (χ4v) is 2.40. The Hall–Kier alpha value is -1.04. The van der Waals surface area contributed by atoms with Crippen molar-refractivity contribution in [2.75, 3.05) is 31.1 Å². The van der Waals surface area contributed by atoms with Crippen molar-refractivity contribution in [1.82, 2.24) is 4.90 Å². The number of rotatable bonds is 2. The minimum Gasteiger partial charge on any atom is -0.368 e. The van der Waals surface area contributed by atoms with E-state index in [-0.39, 0.29) is 42.0 Å². The molecule has 0 aromatic heterocycles. The van der Waals surface area contributed by atoms with Crippen molar-refractivity contribution in [3.63, 3.8) is 0 Å². The summed E-state index contributed by atoms with van der Waals surface area (Å²) < 4.78 is 12.9. The van der Waals surface area contributed by atoms with Crippen LogP contribution < -0.4 is 10.6 Å². The number of amides is 1. The lowest BCUT2D eigenvalue weighted by Crippen LogP contribution is -2.56. The number of nitrogens with two attached hydrogens (primary N) is 1. The zero-order chi connectivity index (χ0) is 15.6. The lowest BCUT2D eigenvalue weighted by atomic mass is 9.86. The highest BCUT2D eigenvalue weighted by atomic mass is 35.5. The van der Waals surface area contributed by atoms with E-state index in [2.05, 4.69) is 4.90 Å². The molecule has 1 aliphatic heterocycles. The van der Waals surface area contributed by atoms with Crippen molar-refractivity contribution in [1.29, 1.82) is 0 Å². The lowest BCUT2D eigenvalue weighted by Gasteiger charge is -2.39. The van der Waals surface area contributed by atoms with E-state index in [0.717, 1.165) is 18.8 Å². The minimum absolute atomic E-state index is 0. The van der Waals surface area contributed by atoms with Crippen molar-refractivity contribution >= 4 is 36.4 Å². The van der Waals surface area contributed by atoms with Gasteiger partial charge < -0.3 is 15.5 Å². The van der Waals surface area contributed by atoms with Crippen LogP contribution in [-0.4, -0.2) is 43.0 Å². The van der Waals surface area contributed by atoms with Crippen LogP contribution in [-0.2, 0) is 4.79 Å². The third kappa shape index (κ3) is 5.52. The zero-order valence-corrected chi connectivity index (χ0v) is 15.4. The van der Waals surface area contributed by atoms with E-state index in [9.17, 15) is 9.18 Å². The molecule has 132 valence electrons. The van der Waals surface area contributed by atoms with Gasteiger partial charge in [0.15, 0.2) is 0 Å². The van der Waals surface area contributed by atoms with Crippen LogP contribution in [0.3, 0.4) is 0 Å². The number of anilines is 1. The van der Waals surface area contributed by atoms with Gasteiger partial charge in [0.25, 0.3) is 0 Å². The van der Waals surface area contributed by atoms with Gasteiger partial charge in [0.2, 0.25) is 5.91 Å². The van der Waals surface area contributed by atoms with Crippen LogP contribution in [0, 0.1) is 11.2 Å². The Bertz CT molecular complexity index is 497. The maximum Gasteiger partial charge on any atom is 0.240 e. The van der Waals surface area contributed by atoms with Gasteiger partial charge in [-0.3, -0.25) is 4.79 Å². The normalized spacial score (nSPS) is 16.2. The molecule has 7 heteroatoms. The maximum absolute atomic E-state index is 12.9. The van der Waals surface area contributed by atoms with E-state index in [4.69, 9.17) is 5.73 Å². The van der Waals surface area contributed by atoms with Crippen molar-refractivity contribution < 1.29 is 9.18 Å². The maximum atomic E-state index is 12.9. The molecule has 0 spiro atoms. The van der Waals surface area contributed by atoms with Gasteiger partial charge in [-0.05, 0) is 29.7 Å². The van der Waals surface area contributed by atoms with Gasteiger partial charge in [-0.25, -0.2) is 4.39 Å². The van der Waals surface area contributed by atoms with Crippen LogP contribution in [0.4, 0.5) is 10.1 Å². The summed E-state index contributed by atoms with van der Waals surface area (Å²) in [6, 6.07) is 5.99. The SMILES string of the molecule is CC(C)(C)[C@H](N)C(=O)N1CCN(c2ccc(F)cc2)CC1.Cl.Cl. The summed E-state index contributed by atoms with van der Waals surface area (Å²) in [6.07, 6.45) is 0. The molecule has 1 saturated heterocycles. The van der Waals surface area contributed by atoms with Gasteiger partial charge >= 0.3 is 0 Å². The summed E-state index contributed by atoms with van der Waals surface area (Å²) >= 11 is 0. The molecule has 1 aliphatic rings. The Morgan fingerprint density at radius 3 is 2.00 bits per heavy atom. The molecule has 1 aromatic rings. The Balaban J connectivity index is 0.00000242. The summed E-state index contributed by atoms with van der Waals surface area (Å²) in [5.74, 6) is -0.218. The van der Waals surface area contributed by atoms with Crippen molar-refractivity contribution in [2.45, 2.75) is 26.8 Å². The first kappa shape index (κ1) is 22.0. The monoisotopic (exact) mass is 365 g/mol. The highest BCUT2D eigenvalue weighted by Gasteiger charge is 2.32. The summed E-state index contributed by atoms with van der Waals surface area (Å²) in [6.45, 7) is 8.72. The number of nitrogens with zero attached hydrogens (tertiary/aromatic N) is 2. The molecule has 0 saturated carbocycles. The first-order valence-corrected chi connectivity index (χ1v) is 7.34. The molecular formula is C16H26Cl2FN3O. The predicted molar refractivity (Wildman–Crippen MR) is 97.1 cm³/mol. The highest BCUT2D eigenvalue weighted by molar-refractivity contribution is 5.85. The molecule has 1 amide bonds. The predicted octanol–water partition coefficient (Wildman–Crippen LogP) is 2.69. The van der Waals surface area contributed by atoms with E-state index in [1.807, 2.05) is 25.7 Å². The second kappa shape index (κ2) is 8.71. The smallest absolute Gasteiger partial charge is 0.240 e. The van der Waals surface area contributed by atoms with E-state index >= 15 is 0 Å². The number of carbonyl (C=O) groups excluding carboxylic acids is 1. The summed E-state index contributed by atoms with van der Waals surface area (Å²) in [5, 5.41) is 0. The van der Waals surface area contributed by atoms with Crippen LogP contribution in [0.1, 0.15) is 20.8 Å². The Morgan fingerprint density at radius 1 is 1.09 bits per heavy atom. The van der Waals surface area contributed by atoms with Gasteiger partial charge in [-0.1, -0.05) is 20.8 Å². The molecule has 1 fully saturated rings. The minimum atomic E-state index is -0.477. The standard InChI is InChI=1S/C16H24FN3O.2ClH/c1-16(2,3)14(18)15(21)20-10-8-19(9-11-20)13-6-4-12(17)5-7-13;;/h4-7,14H,8-11,18H2,1-3H3;2*1H/t14-;;/m1../s1. The molecule has 1 heterocycles. The Kier molecular flexibility index (Phi) is 8.32. The quantitative estimate of drug-likeness (QED) is 0.876. The third-order valence-corrected chi connectivity index (χ3v) is 3.98. The average Bonchev–Trinajstić information content (AvgIpc) is 2.46. The van der Waals surface area contributed by atoms with E-state index in [1.165, 1.54) is 12.1 Å². The molecule has 23 heavy (non-hydrogen) atoms. The topological polar surface area (TPSA) is 49.6 Å². The Morgan fingerprint density at radius 2 is 1.57 bits per heavy atom. The van der Waals surface area contributed by atoms with Crippen LogP contribution in [0.15, 0.2) is 24.3 Å². The number of halogens is 3. The van der Waals surface area contributed by atoms with Crippen LogP contribution >= 0.6 is 24.8 Å². The molecule has 2 N–H and O–H groups in total. The molecule has 1 aromatic carbocycles. The van der Waals surface area contributed by atoms with Gasteiger partial charge in [0, 0.05) is 31.9 Å². The average molecular weight is 366 g/mol.